The van der Waals surface area contributed by atoms with E-state index in [1.54, 1.807) is 45.3 Å². The van der Waals surface area contributed by atoms with Crippen LogP contribution in [-0.4, -0.2) is 24.9 Å². The molecule has 20 aromatic rings. The third kappa shape index (κ3) is 9.74. The average molecular weight is 1370 g/mol. The number of oxazole rings is 1. The summed E-state index contributed by atoms with van der Waals surface area (Å²) in [6.45, 7) is 0. The first-order chi connectivity index (χ1) is 50.4. The second kappa shape index (κ2) is 23.5. The molecule has 0 N–H and O–H groups in total. The molecule has 15 aromatic carbocycles. The molecule has 0 aliphatic heterocycles. The van der Waals surface area contributed by atoms with Gasteiger partial charge in [-0.1, -0.05) is 194 Å². The molecule has 5 aromatic heterocycles. The van der Waals surface area contributed by atoms with Crippen LogP contribution in [0.1, 0.15) is 22.3 Å². The monoisotopic (exact) mass is 1370 g/mol. The molecule has 10 heteroatoms. The van der Waals surface area contributed by atoms with E-state index in [0.717, 1.165) is 144 Å². The summed E-state index contributed by atoms with van der Waals surface area (Å²) in [6.07, 6.45) is 0. The maximum Gasteiger partial charge on any atom is 0.227 e. The fourth-order valence-corrected chi connectivity index (χ4v) is 19.3. The molecule has 0 spiro atoms. The molecule has 5 heterocycles. The summed E-state index contributed by atoms with van der Waals surface area (Å²) in [6, 6.07) is 117. The lowest BCUT2D eigenvalue weighted by atomic mass is 9.67. The quantitative estimate of drug-likeness (QED) is 0.120. The Morgan fingerprint density at radius 2 is 0.667 bits per heavy atom. The van der Waals surface area contributed by atoms with Gasteiger partial charge in [-0.15, -0.1) is 45.3 Å². The summed E-state index contributed by atoms with van der Waals surface area (Å²) in [5.74, 6) is 0.567. The smallest absolute Gasteiger partial charge is 0.227 e. The van der Waals surface area contributed by atoms with Gasteiger partial charge in [-0.2, -0.15) is 0 Å². The van der Waals surface area contributed by atoms with Crippen molar-refractivity contribution >= 4 is 119 Å². The van der Waals surface area contributed by atoms with Crippen LogP contribution in [0.25, 0.3) is 183 Å². The molecule has 0 radical (unpaired) electrons. The Balaban J connectivity index is 0.667. The highest BCUT2D eigenvalue weighted by Gasteiger charge is 2.46. The van der Waals surface area contributed by atoms with Crippen LogP contribution in [0, 0.1) is 0 Å². The molecule has 21 rings (SSSR count). The maximum atomic E-state index is 6.58. The molecule has 1 aliphatic carbocycles. The van der Waals surface area contributed by atoms with Crippen molar-refractivity contribution in [1.82, 2.24) is 24.9 Å². The topological polar surface area (TPSA) is 77.6 Å². The van der Waals surface area contributed by atoms with Crippen molar-refractivity contribution in [2.75, 3.05) is 0 Å². The van der Waals surface area contributed by atoms with Crippen LogP contribution in [0.3, 0.4) is 0 Å². The van der Waals surface area contributed by atoms with Gasteiger partial charge in [-0.05, 0) is 227 Å². The molecule has 102 heavy (non-hydrogen) atoms. The Morgan fingerprint density at radius 3 is 1.26 bits per heavy atom. The number of benzene rings is 15. The van der Waals surface area contributed by atoms with Crippen molar-refractivity contribution in [1.29, 1.82) is 0 Å². The zero-order valence-corrected chi connectivity index (χ0v) is 57.6. The average Bonchev–Trinajstić information content (AvgIpc) is 1.53. The van der Waals surface area contributed by atoms with E-state index in [1.807, 2.05) is 24.3 Å². The lowest BCUT2D eigenvalue weighted by Crippen LogP contribution is -2.28. The second-order valence-electron chi connectivity index (χ2n) is 26.2. The van der Waals surface area contributed by atoms with E-state index in [9.17, 15) is 0 Å². The van der Waals surface area contributed by atoms with E-state index in [-0.39, 0.29) is 0 Å². The Kier molecular flexibility index (Phi) is 13.5. The highest BCUT2D eigenvalue weighted by molar-refractivity contribution is 7.23. The lowest BCUT2D eigenvalue weighted by Gasteiger charge is -2.34. The predicted molar refractivity (Wildman–Crippen MR) is 428 cm³/mol. The minimum atomic E-state index is -0.531. The van der Waals surface area contributed by atoms with Gasteiger partial charge >= 0.3 is 0 Å². The largest absolute Gasteiger partial charge is 0.436 e. The minimum absolute atomic E-state index is 0.531. The number of rotatable bonds is 11. The van der Waals surface area contributed by atoms with Crippen molar-refractivity contribution in [3.05, 3.63) is 344 Å². The van der Waals surface area contributed by atoms with Gasteiger partial charge in [0.15, 0.2) is 5.58 Å². The van der Waals surface area contributed by atoms with Crippen molar-refractivity contribution < 1.29 is 4.42 Å². The fourth-order valence-electron chi connectivity index (χ4n) is 15.5. The van der Waals surface area contributed by atoms with E-state index in [4.69, 9.17) is 29.3 Å². The standard InChI is InChI=1S/C92H53N5OS4/c1-2-21-67(22-3-1)92(75-29-10-8-27-72(75)73-28-9-11-30-76(73)92)68-23-18-20-54(50-68)58-43-63(88-94-78-32-13-16-35-83(78)99-88)48-64(44-58)90-96-80-52-55(37-39-85(80)101-90)56-38-40-86-81(53-56)97-91(102-86)66-46-60(45-65(49-66)89-95-79-33-14-17-36-84(79)100-89)59-41-61(47-62(42-59)87-93-77-31-12-15-34-82(77)98-87)74-51-57-19-4-5-24-69(57)70-25-6-7-26-71(70)74/h1-53H. The Morgan fingerprint density at radius 1 is 0.235 bits per heavy atom. The summed E-state index contributed by atoms with van der Waals surface area (Å²) in [5.41, 5.74) is 26.1. The molecular weight excluding hydrogens is 1320 g/mol. The molecule has 476 valence electrons. The summed E-state index contributed by atoms with van der Waals surface area (Å²) in [7, 11) is 0. The molecule has 0 bridgehead atoms. The first-order valence-corrected chi connectivity index (χ1v) is 37.3. The molecular formula is C92H53N5OS4. The summed E-state index contributed by atoms with van der Waals surface area (Å²) >= 11 is 6.87. The fraction of sp³-hybridized carbons (Fsp3) is 0.0109. The van der Waals surface area contributed by atoms with Crippen LogP contribution in [0.2, 0.25) is 0 Å². The SMILES string of the molecule is c1ccc(C2(c3cccc(-c4cc(-c5nc6ccccc6s5)cc(-c5nc6cc(-c7ccc8sc(-c9cc(-c%10cc(-c%11nc%12ccccc%12o%11)cc(-c%11cc%12ccccc%12c%12ccccc%11%12)c%10)cc(-c%10nc%11ccccc%11s%10)c9)nc8c7)ccc6s5)c4)c3)c3ccccc3-c3ccccc32)cc1. The van der Waals surface area contributed by atoms with Gasteiger partial charge in [0, 0.05) is 27.8 Å². The number of para-hydroxylation sites is 4. The van der Waals surface area contributed by atoms with E-state index >= 15 is 0 Å². The van der Waals surface area contributed by atoms with Crippen molar-refractivity contribution in [3.63, 3.8) is 0 Å². The first kappa shape index (κ1) is 58.8. The highest BCUT2D eigenvalue weighted by Crippen LogP contribution is 2.57. The van der Waals surface area contributed by atoms with Gasteiger partial charge in [-0.3, -0.25) is 0 Å². The van der Waals surface area contributed by atoms with Gasteiger partial charge in [0.1, 0.15) is 25.5 Å². The predicted octanol–water partition coefficient (Wildman–Crippen LogP) is 25.9. The van der Waals surface area contributed by atoms with E-state index in [2.05, 4.69) is 297 Å². The van der Waals surface area contributed by atoms with Crippen molar-refractivity contribution in [3.8, 4) is 109 Å². The van der Waals surface area contributed by atoms with Crippen LogP contribution in [0.15, 0.2) is 326 Å². The summed E-state index contributed by atoms with van der Waals surface area (Å²) in [4.78, 5) is 26.6. The molecule has 0 amide bonds. The lowest BCUT2D eigenvalue weighted by molar-refractivity contribution is 0.620. The van der Waals surface area contributed by atoms with Crippen LogP contribution in [0.4, 0.5) is 0 Å². The summed E-state index contributed by atoms with van der Waals surface area (Å²) < 4.78 is 11.1. The van der Waals surface area contributed by atoms with Crippen LogP contribution < -0.4 is 0 Å². The normalized spacial score (nSPS) is 12.6. The third-order valence-corrected chi connectivity index (χ3v) is 24.6. The third-order valence-electron chi connectivity index (χ3n) is 20.2. The zero-order valence-electron chi connectivity index (χ0n) is 54.4. The van der Waals surface area contributed by atoms with Gasteiger partial charge in [-0.25, -0.2) is 24.9 Å². The van der Waals surface area contributed by atoms with Crippen LogP contribution in [0.5, 0.6) is 0 Å². The van der Waals surface area contributed by atoms with Gasteiger partial charge < -0.3 is 4.42 Å². The molecule has 0 atom stereocenters. The molecule has 0 fully saturated rings. The Bertz CT molecular complexity index is 6670. The van der Waals surface area contributed by atoms with E-state index in [1.165, 1.54) is 54.9 Å². The number of thiazole rings is 4. The molecule has 6 nitrogen and oxygen atoms in total. The first-order valence-electron chi connectivity index (χ1n) is 34.1. The van der Waals surface area contributed by atoms with Crippen LogP contribution in [-0.2, 0) is 5.41 Å². The Hall–Kier alpha value is -12.2. The van der Waals surface area contributed by atoms with E-state index < -0.39 is 5.41 Å². The molecule has 0 saturated heterocycles. The van der Waals surface area contributed by atoms with E-state index in [0.29, 0.717) is 5.89 Å². The zero-order chi connectivity index (χ0) is 67.0. The van der Waals surface area contributed by atoms with Crippen molar-refractivity contribution in [2.24, 2.45) is 0 Å². The number of nitrogens with zero attached hydrogens (tertiary/aromatic N) is 5. The van der Waals surface area contributed by atoms with Crippen molar-refractivity contribution in [2.45, 2.75) is 5.41 Å². The summed E-state index contributed by atoms with van der Waals surface area (Å²) in [5, 5.41) is 8.58. The number of aromatic nitrogens is 5. The second-order valence-corrected chi connectivity index (χ2v) is 30.4. The molecule has 1 aliphatic rings. The maximum absolute atomic E-state index is 6.58. The number of fused-ring (bicyclic) bond motifs is 11. The Labute approximate surface area is 602 Å². The number of hydrogen-bond acceptors (Lipinski definition) is 10. The van der Waals surface area contributed by atoms with Gasteiger partial charge in [0.25, 0.3) is 0 Å². The number of hydrogen-bond donors (Lipinski definition) is 0. The van der Waals surface area contributed by atoms with Gasteiger partial charge in [0.2, 0.25) is 5.89 Å². The highest BCUT2D eigenvalue weighted by atomic mass is 32.1. The molecule has 0 saturated carbocycles. The minimum Gasteiger partial charge on any atom is -0.436 e. The van der Waals surface area contributed by atoms with Crippen LogP contribution >= 0.6 is 45.3 Å². The molecule has 0 unspecified atom stereocenters. The van der Waals surface area contributed by atoms with Gasteiger partial charge in [0.05, 0.1) is 46.3 Å².